The molecule has 0 saturated heterocycles. The topological polar surface area (TPSA) is 97.1 Å². The fourth-order valence-electron chi connectivity index (χ4n) is 2.73. The van der Waals surface area contributed by atoms with E-state index in [2.05, 4.69) is 20.2 Å². The summed E-state index contributed by atoms with van der Waals surface area (Å²) in [6, 6.07) is 6.16. The van der Waals surface area contributed by atoms with E-state index in [0.29, 0.717) is 18.3 Å². The summed E-state index contributed by atoms with van der Waals surface area (Å²) in [4.78, 5) is 4.30. The number of rotatable bonds is 6. The molecule has 124 valence electrons. The molecule has 0 bridgehead atoms. The lowest BCUT2D eigenvalue weighted by atomic mass is 9.92. The Kier molecular flexibility index (Phi) is 4.74. The van der Waals surface area contributed by atoms with E-state index in [0.717, 1.165) is 42.5 Å². The highest BCUT2D eigenvalue weighted by molar-refractivity contribution is 7.88. The van der Waals surface area contributed by atoms with Gasteiger partial charge >= 0.3 is 0 Å². The van der Waals surface area contributed by atoms with Gasteiger partial charge in [-0.3, -0.25) is 4.98 Å². The lowest BCUT2D eigenvalue weighted by Crippen LogP contribution is -2.34. The van der Waals surface area contributed by atoms with Crippen molar-refractivity contribution in [3.05, 3.63) is 47.1 Å². The van der Waals surface area contributed by atoms with Gasteiger partial charge < -0.3 is 9.84 Å². The largest absolute Gasteiger partial charge is 0.361 e. The van der Waals surface area contributed by atoms with Crippen LogP contribution in [0.25, 0.3) is 0 Å². The molecule has 0 fully saturated rings. The number of nitrogens with zero attached hydrogens (tertiary/aromatic N) is 2. The van der Waals surface area contributed by atoms with Gasteiger partial charge in [-0.25, -0.2) is 13.1 Å². The number of sulfonamides is 1. The molecule has 1 unspecified atom stereocenters. The predicted octanol–water partition coefficient (Wildman–Crippen LogP) is 0.766. The van der Waals surface area contributed by atoms with Crippen molar-refractivity contribution in [2.24, 2.45) is 0 Å². The van der Waals surface area contributed by atoms with Gasteiger partial charge in [0.15, 0.2) is 0 Å². The van der Waals surface area contributed by atoms with Crippen molar-refractivity contribution < 1.29 is 12.9 Å². The molecular formula is C15H20N4O3S. The first-order valence-electron chi connectivity index (χ1n) is 7.55. The zero-order valence-corrected chi connectivity index (χ0v) is 13.8. The number of aromatic nitrogens is 2. The molecular weight excluding hydrogens is 316 g/mol. The number of pyridine rings is 1. The first-order chi connectivity index (χ1) is 11.0. The molecule has 8 heteroatoms. The van der Waals surface area contributed by atoms with Crippen LogP contribution in [0.4, 0.5) is 0 Å². The fourth-order valence-corrected chi connectivity index (χ4v) is 3.13. The first kappa shape index (κ1) is 16.1. The summed E-state index contributed by atoms with van der Waals surface area (Å²) in [5, 5.41) is 7.51. The molecule has 2 heterocycles. The van der Waals surface area contributed by atoms with Crippen molar-refractivity contribution in [2.75, 3.05) is 6.26 Å². The van der Waals surface area contributed by atoms with Crippen molar-refractivity contribution in [1.82, 2.24) is 20.2 Å². The highest BCUT2D eigenvalue weighted by atomic mass is 32.2. The molecule has 7 nitrogen and oxygen atoms in total. The SMILES string of the molecule is CS(=O)(=O)NCc1noc2c1CC(NCc1ccccn1)CC2. The Hall–Kier alpha value is -1.77. The molecule has 0 amide bonds. The molecule has 0 saturated carbocycles. The normalized spacial score (nSPS) is 17.9. The van der Waals surface area contributed by atoms with Gasteiger partial charge in [0.2, 0.25) is 10.0 Å². The minimum atomic E-state index is -3.24. The van der Waals surface area contributed by atoms with E-state index in [4.69, 9.17) is 4.52 Å². The molecule has 2 N–H and O–H groups in total. The predicted molar refractivity (Wildman–Crippen MR) is 85.1 cm³/mol. The molecule has 2 aromatic rings. The Labute approximate surface area is 135 Å². The van der Waals surface area contributed by atoms with Gasteiger partial charge in [0.05, 0.1) is 18.5 Å². The standard InChI is InChI=1S/C15H20N4O3S/c1-23(20,21)18-10-14-13-8-11(5-6-15(13)22-19-14)17-9-12-4-2-3-7-16-12/h2-4,7,11,17-18H,5-6,8-10H2,1H3. The van der Waals surface area contributed by atoms with Crippen LogP contribution in [0.2, 0.25) is 0 Å². The first-order valence-corrected chi connectivity index (χ1v) is 9.44. The van der Waals surface area contributed by atoms with Crippen molar-refractivity contribution in [3.63, 3.8) is 0 Å². The molecule has 0 aromatic carbocycles. The van der Waals surface area contributed by atoms with E-state index >= 15 is 0 Å². The van der Waals surface area contributed by atoms with Crippen LogP contribution >= 0.6 is 0 Å². The summed E-state index contributed by atoms with van der Waals surface area (Å²) in [7, 11) is -3.24. The van der Waals surface area contributed by atoms with E-state index in [-0.39, 0.29) is 6.54 Å². The monoisotopic (exact) mass is 336 g/mol. The van der Waals surface area contributed by atoms with E-state index in [9.17, 15) is 8.42 Å². The molecule has 1 atom stereocenters. The minimum Gasteiger partial charge on any atom is -0.361 e. The third kappa shape index (κ3) is 4.37. The van der Waals surface area contributed by atoms with Crippen molar-refractivity contribution in [2.45, 2.75) is 38.4 Å². The molecule has 0 spiro atoms. The van der Waals surface area contributed by atoms with Gasteiger partial charge in [-0.05, 0) is 25.0 Å². The third-order valence-electron chi connectivity index (χ3n) is 3.92. The Morgan fingerprint density at radius 2 is 2.22 bits per heavy atom. The molecule has 0 radical (unpaired) electrons. The molecule has 1 aliphatic rings. The van der Waals surface area contributed by atoms with Crippen LogP contribution < -0.4 is 10.0 Å². The van der Waals surface area contributed by atoms with Gasteiger partial charge in [-0.2, -0.15) is 0 Å². The van der Waals surface area contributed by atoms with Crippen molar-refractivity contribution >= 4 is 10.0 Å². The summed E-state index contributed by atoms with van der Waals surface area (Å²) in [5.41, 5.74) is 2.70. The van der Waals surface area contributed by atoms with E-state index in [1.807, 2.05) is 18.2 Å². The average molecular weight is 336 g/mol. The van der Waals surface area contributed by atoms with Crippen LogP contribution in [0, 0.1) is 0 Å². The van der Waals surface area contributed by atoms with E-state index in [1.165, 1.54) is 0 Å². The summed E-state index contributed by atoms with van der Waals surface area (Å²) in [5.74, 6) is 0.867. The van der Waals surface area contributed by atoms with E-state index < -0.39 is 10.0 Å². The quantitative estimate of drug-likeness (QED) is 0.808. The van der Waals surface area contributed by atoms with Crippen LogP contribution in [0.1, 0.15) is 29.1 Å². The Bertz CT molecular complexity index is 758. The Morgan fingerprint density at radius 3 is 2.96 bits per heavy atom. The molecule has 1 aliphatic carbocycles. The number of aryl methyl sites for hydroxylation is 1. The van der Waals surface area contributed by atoms with Gasteiger partial charge in [-0.1, -0.05) is 11.2 Å². The number of nitrogens with one attached hydrogen (secondary N) is 2. The highest BCUT2D eigenvalue weighted by Crippen LogP contribution is 2.24. The van der Waals surface area contributed by atoms with Gasteiger partial charge in [0.25, 0.3) is 0 Å². The van der Waals surface area contributed by atoms with Crippen molar-refractivity contribution in [1.29, 1.82) is 0 Å². The third-order valence-corrected chi connectivity index (χ3v) is 4.59. The summed E-state index contributed by atoms with van der Waals surface area (Å²) in [6.45, 7) is 0.883. The second kappa shape index (κ2) is 6.77. The van der Waals surface area contributed by atoms with Crippen LogP contribution in [0.5, 0.6) is 0 Å². The number of hydrogen-bond donors (Lipinski definition) is 2. The van der Waals surface area contributed by atoms with Crippen LogP contribution in [0.15, 0.2) is 28.9 Å². The highest BCUT2D eigenvalue weighted by Gasteiger charge is 2.25. The lowest BCUT2D eigenvalue weighted by molar-refractivity contribution is 0.350. The number of hydrogen-bond acceptors (Lipinski definition) is 6. The van der Waals surface area contributed by atoms with Gasteiger partial charge in [0.1, 0.15) is 11.5 Å². The number of fused-ring (bicyclic) bond motifs is 1. The second-order valence-electron chi connectivity index (χ2n) is 5.77. The Balaban J connectivity index is 1.62. The van der Waals surface area contributed by atoms with Gasteiger partial charge in [0, 0.05) is 30.8 Å². The minimum absolute atomic E-state index is 0.171. The summed E-state index contributed by atoms with van der Waals surface area (Å²) in [6.07, 6.45) is 5.48. The molecule has 3 rings (SSSR count). The maximum absolute atomic E-state index is 11.2. The summed E-state index contributed by atoms with van der Waals surface area (Å²) < 4.78 is 30.3. The van der Waals surface area contributed by atoms with Crippen LogP contribution in [-0.2, 0) is 36.0 Å². The smallest absolute Gasteiger partial charge is 0.209 e. The van der Waals surface area contributed by atoms with Crippen molar-refractivity contribution in [3.8, 4) is 0 Å². The molecule has 23 heavy (non-hydrogen) atoms. The Morgan fingerprint density at radius 1 is 1.35 bits per heavy atom. The van der Waals surface area contributed by atoms with E-state index in [1.54, 1.807) is 6.20 Å². The lowest BCUT2D eigenvalue weighted by Gasteiger charge is -2.22. The second-order valence-corrected chi connectivity index (χ2v) is 7.60. The fraction of sp³-hybridized carbons (Fsp3) is 0.467. The van der Waals surface area contributed by atoms with Gasteiger partial charge in [-0.15, -0.1) is 0 Å². The maximum atomic E-state index is 11.2. The molecule has 0 aliphatic heterocycles. The zero-order chi connectivity index (χ0) is 16.3. The zero-order valence-electron chi connectivity index (χ0n) is 12.9. The van der Waals surface area contributed by atoms with Crippen LogP contribution in [-0.4, -0.2) is 30.9 Å². The average Bonchev–Trinajstić information content (AvgIpc) is 2.94. The van der Waals surface area contributed by atoms with Crippen LogP contribution in [0.3, 0.4) is 0 Å². The maximum Gasteiger partial charge on any atom is 0.209 e. The molecule has 2 aromatic heterocycles. The summed E-state index contributed by atoms with van der Waals surface area (Å²) >= 11 is 0.